The largest absolute Gasteiger partial charge is 0.493 e. The second kappa shape index (κ2) is 8.98. The van der Waals surface area contributed by atoms with Gasteiger partial charge in [-0.1, -0.05) is 18.2 Å². The fourth-order valence-electron chi connectivity index (χ4n) is 2.28. The summed E-state index contributed by atoms with van der Waals surface area (Å²) in [6.07, 6.45) is 0. The summed E-state index contributed by atoms with van der Waals surface area (Å²) in [5, 5.41) is 5.96. The Morgan fingerprint density at radius 2 is 1.68 bits per heavy atom. The molecule has 0 aliphatic rings. The first kappa shape index (κ1) is 18.7. The van der Waals surface area contributed by atoms with Gasteiger partial charge >= 0.3 is 6.61 Å². The second-order valence-corrected chi connectivity index (χ2v) is 5.35. The van der Waals surface area contributed by atoms with E-state index in [0.29, 0.717) is 13.1 Å². The van der Waals surface area contributed by atoms with Crippen molar-refractivity contribution in [3.63, 3.8) is 0 Å². The molecule has 0 unspecified atom stereocenters. The maximum atomic E-state index is 12.3. The number of rotatable bonds is 8. The van der Waals surface area contributed by atoms with Gasteiger partial charge in [0.1, 0.15) is 0 Å². The van der Waals surface area contributed by atoms with E-state index in [1.54, 1.807) is 12.1 Å². The van der Waals surface area contributed by atoms with Crippen LogP contribution in [0.3, 0.4) is 0 Å². The molecule has 0 aliphatic carbocycles. The summed E-state index contributed by atoms with van der Waals surface area (Å²) in [6.45, 7) is -0.267. The molecule has 0 atom stereocenters. The minimum absolute atomic E-state index is 0.00908. The van der Waals surface area contributed by atoms with Crippen LogP contribution in [0, 0.1) is 0 Å². The Morgan fingerprint density at radius 3 is 2.28 bits per heavy atom. The van der Waals surface area contributed by atoms with Crippen molar-refractivity contribution in [2.75, 3.05) is 12.4 Å². The van der Waals surface area contributed by atoms with Gasteiger partial charge in [-0.25, -0.2) is 0 Å². The molecule has 0 spiro atoms. The molecule has 0 saturated carbocycles. The molecule has 5 nitrogen and oxygen atoms in total. The standard InChI is InChI=1S/C18H20F2N2O3/c1-12(23)22-15-6-3-13(4-7-15)10-21-11-14-5-8-16(25-18(19)20)17(9-14)24-2/h3-9,18,21H,10-11H2,1-2H3,(H,22,23). The van der Waals surface area contributed by atoms with E-state index < -0.39 is 6.61 Å². The van der Waals surface area contributed by atoms with Gasteiger partial charge in [-0.15, -0.1) is 0 Å². The number of carbonyl (C=O) groups is 1. The number of carbonyl (C=O) groups excluding carboxylic acids is 1. The summed E-state index contributed by atoms with van der Waals surface area (Å²) >= 11 is 0. The molecule has 0 aliphatic heterocycles. The summed E-state index contributed by atoms with van der Waals surface area (Å²) in [5.74, 6) is 0.160. The summed E-state index contributed by atoms with van der Waals surface area (Å²) in [7, 11) is 1.40. The number of hydrogen-bond donors (Lipinski definition) is 2. The van der Waals surface area contributed by atoms with Crippen molar-refractivity contribution in [1.29, 1.82) is 0 Å². The lowest BCUT2D eigenvalue weighted by atomic mass is 10.1. The van der Waals surface area contributed by atoms with E-state index in [9.17, 15) is 13.6 Å². The third-order valence-electron chi connectivity index (χ3n) is 3.38. The zero-order valence-electron chi connectivity index (χ0n) is 14.0. The number of anilines is 1. The SMILES string of the molecule is COc1cc(CNCc2ccc(NC(C)=O)cc2)ccc1OC(F)F. The molecule has 2 N–H and O–H groups in total. The highest BCUT2D eigenvalue weighted by atomic mass is 19.3. The Bertz CT molecular complexity index is 706. The van der Waals surface area contributed by atoms with Crippen molar-refractivity contribution in [3.05, 3.63) is 53.6 Å². The van der Waals surface area contributed by atoms with E-state index in [4.69, 9.17) is 4.74 Å². The van der Waals surface area contributed by atoms with Gasteiger partial charge in [0, 0.05) is 25.7 Å². The Kier molecular flexibility index (Phi) is 6.71. The maximum absolute atomic E-state index is 12.3. The molecule has 0 aromatic heterocycles. The zero-order chi connectivity index (χ0) is 18.2. The topological polar surface area (TPSA) is 59.6 Å². The molecule has 2 rings (SSSR count). The van der Waals surface area contributed by atoms with Crippen LogP contribution in [0.1, 0.15) is 18.1 Å². The molecule has 134 valence electrons. The molecule has 0 heterocycles. The van der Waals surface area contributed by atoms with E-state index in [1.165, 1.54) is 20.1 Å². The first-order valence-electron chi connectivity index (χ1n) is 7.67. The van der Waals surface area contributed by atoms with E-state index >= 15 is 0 Å². The summed E-state index contributed by atoms with van der Waals surface area (Å²) in [5.41, 5.74) is 2.68. The fraction of sp³-hybridized carbons (Fsp3) is 0.278. The monoisotopic (exact) mass is 350 g/mol. The predicted octanol–water partition coefficient (Wildman–Crippen LogP) is 3.54. The van der Waals surface area contributed by atoms with Crippen LogP contribution >= 0.6 is 0 Å². The van der Waals surface area contributed by atoms with E-state index in [0.717, 1.165) is 16.8 Å². The number of methoxy groups -OCH3 is 1. The van der Waals surface area contributed by atoms with Crippen LogP contribution in [0.5, 0.6) is 11.5 Å². The second-order valence-electron chi connectivity index (χ2n) is 5.35. The number of alkyl halides is 2. The Labute approximate surface area is 144 Å². The van der Waals surface area contributed by atoms with Crippen molar-refractivity contribution >= 4 is 11.6 Å². The lowest BCUT2D eigenvalue weighted by molar-refractivity contribution is -0.114. The summed E-state index contributed by atoms with van der Waals surface area (Å²) in [6, 6.07) is 12.3. The molecule has 1 amide bonds. The summed E-state index contributed by atoms with van der Waals surface area (Å²) in [4.78, 5) is 11.0. The minimum atomic E-state index is -2.89. The van der Waals surface area contributed by atoms with Crippen molar-refractivity contribution in [2.45, 2.75) is 26.6 Å². The molecular formula is C18H20F2N2O3. The van der Waals surface area contributed by atoms with Gasteiger partial charge in [0.2, 0.25) is 5.91 Å². The third kappa shape index (κ3) is 6.04. The first-order chi connectivity index (χ1) is 12.0. The molecule has 2 aromatic rings. The number of amides is 1. The number of hydrogen-bond acceptors (Lipinski definition) is 4. The van der Waals surface area contributed by atoms with Crippen molar-refractivity contribution < 1.29 is 23.0 Å². The lowest BCUT2D eigenvalue weighted by Gasteiger charge is -2.12. The molecule has 7 heteroatoms. The van der Waals surface area contributed by atoms with Crippen LogP contribution in [0.15, 0.2) is 42.5 Å². The van der Waals surface area contributed by atoms with Gasteiger partial charge in [0.25, 0.3) is 0 Å². The first-order valence-corrected chi connectivity index (χ1v) is 7.67. The average molecular weight is 350 g/mol. The maximum Gasteiger partial charge on any atom is 0.387 e. The van der Waals surface area contributed by atoms with Gasteiger partial charge < -0.3 is 20.1 Å². The highest BCUT2D eigenvalue weighted by Gasteiger charge is 2.10. The number of halogens is 2. The number of nitrogens with one attached hydrogen (secondary N) is 2. The predicted molar refractivity (Wildman–Crippen MR) is 90.9 cm³/mol. The molecule has 0 bridgehead atoms. The zero-order valence-corrected chi connectivity index (χ0v) is 14.0. The summed E-state index contributed by atoms with van der Waals surface area (Å²) < 4.78 is 34.1. The van der Waals surface area contributed by atoms with Crippen LogP contribution < -0.4 is 20.1 Å². The van der Waals surface area contributed by atoms with Crippen molar-refractivity contribution in [1.82, 2.24) is 5.32 Å². The van der Waals surface area contributed by atoms with Crippen LogP contribution in [-0.2, 0) is 17.9 Å². The van der Waals surface area contributed by atoms with E-state index in [-0.39, 0.29) is 17.4 Å². The quantitative estimate of drug-likeness (QED) is 0.764. The highest BCUT2D eigenvalue weighted by molar-refractivity contribution is 5.88. The van der Waals surface area contributed by atoms with Crippen molar-refractivity contribution in [3.8, 4) is 11.5 Å². The van der Waals surface area contributed by atoms with Gasteiger partial charge in [-0.2, -0.15) is 8.78 Å². The molecule has 0 radical (unpaired) electrons. The highest BCUT2D eigenvalue weighted by Crippen LogP contribution is 2.29. The van der Waals surface area contributed by atoms with Gasteiger partial charge in [-0.3, -0.25) is 4.79 Å². The van der Waals surface area contributed by atoms with Gasteiger partial charge in [-0.05, 0) is 35.4 Å². The number of ether oxygens (including phenoxy) is 2. The van der Waals surface area contributed by atoms with Gasteiger partial charge in [0.15, 0.2) is 11.5 Å². The van der Waals surface area contributed by atoms with E-state index in [1.807, 2.05) is 24.3 Å². The molecule has 25 heavy (non-hydrogen) atoms. The molecule has 0 saturated heterocycles. The van der Waals surface area contributed by atoms with E-state index in [2.05, 4.69) is 15.4 Å². The molecular weight excluding hydrogens is 330 g/mol. The lowest BCUT2D eigenvalue weighted by Crippen LogP contribution is -2.13. The third-order valence-corrected chi connectivity index (χ3v) is 3.38. The van der Waals surface area contributed by atoms with Gasteiger partial charge in [0.05, 0.1) is 7.11 Å². The van der Waals surface area contributed by atoms with Crippen LogP contribution in [0.2, 0.25) is 0 Å². The molecule has 2 aromatic carbocycles. The van der Waals surface area contributed by atoms with Crippen LogP contribution in [0.4, 0.5) is 14.5 Å². The molecule has 0 fully saturated rings. The Balaban J connectivity index is 1.89. The smallest absolute Gasteiger partial charge is 0.387 e. The Hall–Kier alpha value is -2.67. The fourth-order valence-corrected chi connectivity index (χ4v) is 2.28. The Morgan fingerprint density at radius 1 is 1.04 bits per heavy atom. The normalized spacial score (nSPS) is 10.6. The minimum Gasteiger partial charge on any atom is -0.493 e. The van der Waals surface area contributed by atoms with Crippen molar-refractivity contribution in [2.24, 2.45) is 0 Å². The average Bonchev–Trinajstić information content (AvgIpc) is 2.56. The number of benzene rings is 2. The van der Waals surface area contributed by atoms with Crippen LogP contribution in [0.25, 0.3) is 0 Å². The van der Waals surface area contributed by atoms with Crippen LogP contribution in [-0.4, -0.2) is 19.6 Å².